The molecule has 0 saturated carbocycles. The predicted molar refractivity (Wildman–Crippen MR) is 109 cm³/mol. The second-order valence-corrected chi connectivity index (χ2v) is 6.44. The van der Waals surface area contributed by atoms with Crippen LogP contribution in [0.25, 0.3) is 5.69 Å². The Morgan fingerprint density at radius 1 is 1.04 bits per heavy atom. The van der Waals surface area contributed by atoms with Crippen molar-refractivity contribution in [3.63, 3.8) is 0 Å². The Labute approximate surface area is 163 Å². The number of nitrogens with one attached hydrogen (secondary N) is 3. The van der Waals surface area contributed by atoms with Crippen LogP contribution in [0, 0.1) is 13.8 Å². The van der Waals surface area contributed by atoms with Crippen molar-refractivity contribution in [3.05, 3.63) is 77.1 Å². The van der Waals surface area contributed by atoms with E-state index in [1.165, 1.54) is 0 Å². The van der Waals surface area contributed by atoms with E-state index in [0.29, 0.717) is 17.8 Å². The van der Waals surface area contributed by atoms with Crippen LogP contribution in [0.1, 0.15) is 27.3 Å². The number of aromatic nitrogens is 2. The second kappa shape index (κ2) is 8.39. The topological polar surface area (TPSA) is 88.0 Å². The third-order valence-electron chi connectivity index (χ3n) is 4.29. The van der Waals surface area contributed by atoms with Crippen LogP contribution in [0.4, 0.5) is 10.5 Å². The fraction of sp³-hybridized carbons (Fsp3) is 0.190. The van der Waals surface area contributed by atoms with E-state index in [0.717, 1.165) is 22.6 Å². The van der Waals surface area contributed by atoms with Crippen molar-refractivity contribution in [2.75, 3.05) is 12.4 Å². The summed E-state index contributed by atoms with van der Waals surface area (Å²) in [6.45, 7) is 4.25. The van der Waals surface area contributed by atoms with Gasteiger partial charge in [0, 0.05) is 24.8 Å². The van der Waals surface area contributed by atoms with E-state index in [2.05, 4.69) is 21.0 Å². The molecule has 2 aromatic carbocycles. The molecule has 0 fully saturated rings. The number of carbonyl (C=O) groups is 2. The minimum atomic E-state index is -0.315. The highest BCUT2D eigenvalue weighted by Crippen LogP contribution is 2.21. The largest absolute Gasteiger partial charge is 0.355 e. The van der Waals surface area contributed by atoms with E-state index < -0.39 is 0 Å². The van der Waals surface area contributed by atoms with Gasteiger partial charge in [0.15, 0.2) is 0 Å². The number of benzene rings is 2. The minimum absolute atomic E-state index is 0.141. The van der Waals surface area contributed by atoms with Crippen molar-refractivity contribution < 1.29 is 9.59 Å². The summed E-state index contributed by atoms with van der Waals surface area (Å²) in [6, 6.07) is 16.3. The SMILES string of the molecule is CNC(=O)c1ccc(CNC(=O)Nc2ccccc2-n2nc(C)cc2C)cc1. The van der Waals surface area contributed by atoms with Gasteiger partial charge in [0.25, 0.3) is 5.91 Å². The molecule has 0 saturated heterocycles. The molecular formula is C21H23N5O2. The zero-order valence-corrected chi connectivity index (χ0v) is 16.1. The Morgan fingerprint density at radius 2 is 1.75 bits per heavy atom. The molecule has 0 atom stereocenters. The molecule has 7 heteroatoms. The van der Waals surface area contributed by atoms with E-state index in [9.17, 15) is 9.59 Å². The lowest BCUT2D eigenvalue weighted by atomic mass is 10.1. The highest BCUT2D eigenvalue weighted by molar-refractivity contribution is 5.94. The molecule has 3 amide bonds. The molecule has 0 radical (unpaired) electrons. The summed E-state index contributed by atoms with van der Waals surface area (Å²) in [4.78, 5) is 23.9. The van der Waals surface area contributed by atoms with E-state index in [1.807, 2.05) is 61.0 Å². The van der Waals surface area contributed by atoms with Crippen LogP contribution in [0.3, 0.4) is 0 Å². The molecular weight excluding hydrogens is 354 g/mol. The maximum Gasteiger partial charge on any atom is 0.319 e. The second-order valence-electron chi connectivity index (χ2n) is 6.44. The van der Waals surface area contributed by atoms with E-state index in [-0.39, 0.29) is 11.9 Å². The summed E-state index contributed by atoms with van der Waals surface area (Å²) in [6.07, 6.45) is 0. The standard InChI is InChI=1S/C21H23N5O2/c1-14-12-15(2)26(25-14)19-7-5-4-6-18(19)24-21(28)23-13-16-8-10-17(11-9-16)20(27)22-3/h4-12H,13H2,1-3H3,(H,22,27)(H2,23,24,28). The van der Waals surface area contributed by atoms with E-state index in [4.69, 9.17) is 0 Å². The summed E-state index contributed by atoms with van der Waals surface area (Å²) in [5.41, 5.74) is 4.85. The van der Waals surface area contributed by atoms with Crippen LogP contribution in [0.5, 0.6) is 0 Å². The van der Waals surface area contributed by atoms with E-state index >= 15 is 0 Å². The zero-order chi connectivity index (χ0) is 20.1. The van der Waals surface area contributed by atoms with Crippen molar-refractivity contribution in [1.29, 1.82) is 0 Å². The molecule has 144 valence electrons. The van der Waals surface area contributed by atoms with Crippen molar-refractivity contribution in [1.82, 2.24) is 20.4 Å². The molecule has 1 aromatic heterocycles. The first kappa shape index (κ1) is 19.2. The van der Waals surface area contributed by atoms with Crippen molar-refractivity contribution in [3.8, 4) is 5.69 Å². The number of anilines is 1. The van der Waals surface area contributed by atoms with Crippen molar-refractivity contribution in [2.24, 2.45) is 0 Å². The Kier molecular flexibility index (Phi) is 5.74. The summed E-state index contributed by atoms with van der Waals surface area (Å²) in [5.74, 6) is -0.141. The minimum Gasteiger partial charge on any atom is -0.355 e. The summed E-state index contributed by atoms with van der Waals surface area (Å²) in [7, 11) is 1.59. The van der Waals surface area contributed by atoms with Crippen LogP contribution in [0.2, 0.25) is 0 Å². The highest BCUT2D eigenvalue weighted by atomic mass is 16.2. The van der Waals surface area contributed by atoms with Gasteiger partial charge < -0.3 is 16.0 Å². The van der Waals surface area contributed by atoms with Gasteiger partial charge in [-0.3, -0.25) is 4.79 Å². The fourth-order valence-corrected chi connectivity index (χ4v) is 2.90. The maximum atomic E-state index is 12.4. The van der Waals surface area contributed by atoms with Crippen LogP contribution in [0.15, 0.2) is 54.6 Å². The molecule has 7 nitrogen and oxygen atoms in total. The number of hydrogen-bond acceptors (Lipinski definition) is 3. The third kappa shape index (κ3) is 4.37. The summed E-state index contributed by atoms with van der Waals surface area (Å²) in [5, 5.41) is 12.8. The van der Waals surface area contributed by atoms with Crippen molar-refractivity contribution in [2.45, 2.75) is 20.4 Å². The molecule has 0 aliphatic carbocycles. The van der Waals surface area contributed by atoms with Crippen LogP contribution < -0.4 is 16.0 Å². The summed E-state index contributed by atoms with van der Waals surface area (Å²) < 4.78 is 1.81. The Hall–Kier alpha value is -3.61. The van der Waals surface area contributed by atoms with Crippen LogP contribution in [-0.4, -0.2) is 28.8 Å². The average Bonchev–Trinajstić information content (AvgIpc) is 3.04. The third-order valence-corrected chi connectivity index (χ3v) is 4.29. The molecule has 3 N–H and O–H groups in total. The number of rotatable bonds is 5. The molecule has 0 aliphatic rings. The molecule has 0 bridgehead atoms. The van der Waals surface area contributed by atoms with Crippen molar-refractivity contribution >= 4 is 17.6 Å². The molecule has 0 unspecified atom stereocenters. The van der Waals surface area contributed by atoms with Crippen LogP contribution >= 0.6 is 0 Å². The maximum absolute atomic E-state index is 12.4. The molecule has 1 heterocycles. The smallest absolute Gasteiger partial charge is 0.319 e. The first-order chi connectivity index (χ1) is 13.5. The molecule has 3 rings (SSSR count). The average molecular weight is 377 g/mol. The number of amides is 3. The number of carbonyl (C=O) groups excluding carboxylic acids is 2. The van der Waals surface area contributed by atoms with Gasteiger partial charge in [-0.2, -0.15) is 5.10 Å². The molecule has 3 aromatic rings. The number of nitrogens with zero attached hydrogens (tertiary/aromatic N) is 2. The van der Waals surface area contributed by atoms with Gasteiger partial charge in [0.05, 0.1) is 17.1 Å². The highest BCUT2D eigenvalue weighted by Gasteiger charge is 2.11. The van der Waals surface area contributed by atoms with Gasteiger partial charge in [-0.25, -0.2) is 9.48 Å². The Morgan fingerprint density at radius 3 is 2.39 bits per heavy atom. The van der Waals surface area contributed by atoms with Gasteiger partial charge in [0.2, 0.25) is 0 Å². The molecule has 0 spiro atoms. The molecule has 0 aliphatic heterocycles. The van der Waals surface area contributed by atoms with Gasteiger partial charge in [-0.1, -0.05) is 24.3 Å². The first-order valence-electron chi connectivity index (χ1n) is 8.96. The lowest BCUT2D eigenvalue weighted by molar-refractivity contribution is 0.0963. The predicted octanol–water partition coefficient (Wildman–Crippen LogP) is 3.17. The summed E-state index contributed by atoms with van der Waals surface area (Å²) >= 11 is 0. The molecule has 28 heavy (non-hydrogen) atoms. The fourth-order valence-electron chi connectivity index (χ4n) is 2.90. The lowest BCUT2D eigenvalue weighted by Gasteiger charge is -2.13. The number of urea groups is 1. The number of aryl methyl sites for hydroxylation is 2. The lowest BCUT2D eigenvalue weighted by Crippen LogP contribution is -2.28. The normalized spacial score (nSPS) is 10.4. The number of hydrogen-bond donors (Lipinski definition) is 3. The zero-order valence-electron chi connectivity index (χ0n) is 16.1. The Bertz CT molecular complexity index is 992. The van der Waals surface area contributed by atoms with Gasteiger partial charge in [0.1, 0.15) is 0 Å². The first-order valence-corrected chi connectivity index (χ1v) is 8.96. The van der Waals surface area contributed by atoms with Crippen LogP contribution in [-0.2, 0) is 6.54 Å². The van der Waals surface area contributed by atoms with Gasteiger partial charge in [-0.15, -0.1) is 0 Å². The van der Waals surface area contributed by atoms with Gasteiger partial charge in [-0.05, 0) is 49.7 Å². The monoisotopic (exact) mass is 377 g/mol. The number of para-hydroxylation sites is 2. The van der Waals surface area contributed by atoms with E-state index in [1.54, 1.807) is 19.2 Å². The van der Waals surface area contributed by atoms with Gasteiger partial charge >= 0.3 is 6.03 Å². The quantitative estimate of drug-likeness (QED) is 0.638. The Balaban J connectivity index is 1.66.